The van der Waals surface area contributed by atoms with Gasteiger partial charge in [-0.15, -0.1) is 11.3 Å². The zero-order chi connectivity index (χ0) is 13.0. The summed E-state index contributed by atoms with van der Waals surface area (Å²) in [6.45, 7) is 2.39. The maximum Gasteiger partial charge on any atom is 0.353 e. The predicted octanol–water partition coefficient (Wildman–Crippen LogP) is 4.13. The van der Waals surface area contributed by atoms with Crippen molar-refractivity contribution in [1.82, 2.24) is 0 Å². The number of carbonyl (C=O) groups excluding carboxylic acids is 1. The lowest BCUT2D eigenvalue weighted by atomic mass is 10.3. The van der Waals surface area contributed by atoms with Gasteiger partial charge >= 0.3 is 5.97 Å². The average molecular weight is 327 g/mol. The highest BCUT2D eigenvalue weighted by molar-refractivity contribution is 9.10. The summed E-state index contributed by atoms with van der Waals surface area (Å²) in [5.41, 5.74) is 0. The second kappa shape index (κ2) is 6.02. The molecule has 0 amide bonds. The number of benzene rings is 1. The maximum atomic E-state index is 11.9. The van der Waals surface area contributed by atoms with Gasteiger partial charge in [0.05, 0.1) is 11.1 Å². The average Bonchev–Trinajstić information content (AvgIpc) is 2.87. The fraction of sp³-hybridized carbons (Fsp3) is 0.154. The van der Waals surface area contributed by atoms with Crippen LogP contribution in [0.5, 0.6) is 11.5 Å². The number of thiophene rings is 1. The summed E-state index contributed by atoms with van der Waals surface area (Å²) in [6.07, 6.45) is 0. The van der Waals surface area contributed by atoms with E-state index in [2.05, 4.69) is 15.9 Å². The molecule has 2 aromatic rings. The van der Waals surface area contributed by atoms with Crippen LogP contribution in [-0.4, -0.2) is 12.6 Å². The Morgan fingerprint density at radius 1 is 1.33 bits per heavy atom. The zero-order valence-electron chi connectivity index (χ0n) is 9.68. The molecule has 0 unspecified atom stereocenters. The number of hydrogen-bond acceptors (Lipinski definition) is 4. The molecule has 0 aliphatic heterocycles. The number of para-hydroxylation sites is 1. The Morgan fingerprint density at radius 3 is 2.83 bits per heavy atom. The molecule has 94 valence electrons. The summed E-state index contributed by atoms with van der Waals surface area (Å²) in [4.78, 5) is 12.4. The number of halogens is 1. The van der Waals surface area contributed by atoms with Crippen LogP contribution in [0.3, 0.4) is 0 Å². The van der Waals surface area contributed by atoms with Crippen LogP contribution in [0.25, 0.3) is 0 Å². The summed E-state index contributed by atoms with van der Waals surface area (Å²) in [5.74, 6) is 0.596. The fourth-order valence-corrected chi connectivity index (χ4v) is 2.46. The third-order valence-corrected chi connectivity index (χ3v) is 3.62. The SMILES string of the molecule is CCOc1c(Br)cccc1OC(=O)c1cccs1. The van der Waals surface area contributed by atoms with Crippen molar-refractivity contribution >= 4 is 33.2 Å². The number of carbonyl (C=O) groups is 1. The van der Waals surface area contributed by atoms with Gasteiger partial charge in [0, 0.05) is 0 Å². The number of esters is 1. The molecule has 18 heavy (non-hydrogen) atoms. The van der Waals surface area contributed by atoms with Gasteiger partial charge in [0.2, 0.25) is 0 Å². The molecular formula is C13H11BrO3S. The van der Waals surface area contributed by atoms with Gasteiger partial charge in [-0.25, -0.2) is 4.79 Å². The number of hydrogen-bond donors (Lipinski definition) is 0. The lowest BCUT2D eigenvalue weighted by Crippen LogP contribution is -2.08. The van der Waals surface area contributed by atoms with Crippen molar-refractivity contribution < 1.29 is 14.3 Å². The Bertz CT molecular complexity index is 537. The summed E-state index contributed by atoms with van der Waals surface area (Å²) >= 11 is 4.72. The molecule has 1 aromatic carbocycles. The predicted molar refractivity (Wildman–Crippen MR) is 74.6 cm³/mol. The molecule has 0 aliphatic carbocycles. The molecule has 0 spiro atoms. The highest BCUT2D eigenvalue weighted by Gasteiger charge is 2.15. The first-order valence-corrected chi connectivity index (χ1v) is 7.06. The van der Waals surface area contributed by atoms with Crippen molar-refractivity contribution in [2.45, 2.75) is 6.92 Å². The van der Waals surface area contributed by atoms with E-state index in [9.17, 15) is 4.79 Å². The maximum absolute atomic E-state index is 11.9. The normalized spacial score (nSPS) is 10.1. The molecule has 1 aromatic heterocycles. The molecule has 3 nitrogen and oxygen atoms in total. The minimum Gasteiger partial charge on any atom is -0.489 e. The first-order chi connectivity index (χ1) is 8.72. The van der Waals surface area contributed by atoms with E-state index < -0.39 is 0 Å². The first kappa shape index (κ1) is 13.1. The fourth-order valence-electron chi connectivity index (χ4n) is 1.40. The van der Waals surface area contributed by atoms with Crippen LogP contribution in [0, 0.1) is 0 Å². The van der Waals surface area contributed by atoms with Crippen molar-refractivity contribution in [3.05, 3.63) is 45.1 Å². The second-order valence-corrected chi connectivity index (χ2v) is 5.17. The minimum absolute atomic E-state index is 0.371. The molecule has 0 atom stereocenters. The van der Waals surface area contributed by atoms with Crippen molar-refractivity contribution in [2.24, 2.45) is 0 Å². The quantitative estimate of drug-likeness (QED) is 0.626. The summed E-state index contributed by atoms with van der Waals surface area (Å²) < 4.78 is 11.6. The van der Waals surface area contributed by atoms with E-state index in [1.165, 1.54) is 11.3 Å². The Morgan fingerprint density at radius 2 is 2.17 bits per heavy atom. The Kier molecular flexibility index (Phi) is 4.38. The Labute approximate surface area is 117 Å². The largest absolute Gasteiger partial charge is 0.489 e. The summed E-state index contributed by atoms with van der Waals surface area (Å²) in [7, 11) is 0. The lowest BCUT2D eigenvalue weighted by molar-refractivity contribution is 0.0733. The van der Waals surface area contributed by atoms with E-state index in [1.807, 2.05) is 24.4 Å². The molecule has 2 rings (SSSR count). The molecule has 0 bridgehead atoms. The Hall–Kier alpha value is -1.33. The highest BCUT2D eigenvalue weighted by atomic mass is 79.9. The third kappa shape index (κ3) is 2.91. The van der Waals surface area contributed by atoms with Crippen molar-refractivity contribution in [1.29, 1.82) is 0 Å². The van der Waals surface area contributed by atoms with Gasteiger partial charge in [0.15, 0.2) is 11.5 Å². The smallest absolute Gasteiger partial charge is 0.353 e. The van der Waals surface area contributed by atoms with E-state index in [0.717, 1.165) is 4.47 Å². The zero-order valence-corrected chi connectivity index (χ0v) is 12.1. The van der Waals surface area contributed by atoms with Crippen LogP contribution in [0.15, 0.2) is 40.2 Å². The van der Waals surface area contributed by atoms with Crippen LogP contribution >= 0.6 is 27.3 Å². The summed E-state index contributed by atoms with van der Waals surface area (Å²) in [6, 6.07) is 8.88. The molecule has 0 saturated heterocycles. The van der Waals surface area contributed by atoms with Gasteiger partial charge in [0.1, 0.15) is 4.88 Å². The standard InChI is InChI=1S/C13H11BrO3S/c1-2-16-12-9(14)5-3-6-10(12)17-13(15)11-7-4-8-18-11/h3-8H,2H2,1H3. The van der Waals surface area contributed by atoms with E-state index in [0.29, 0.717) is 23.0 Å². The van der Waals surface area contributed by atoms with Crippen molar-refractivity contribution in [2.75, 3.05) is 6.61 Å². The van der Waals surface area contributed by atoms with Crippen molar-refractivity contribution in [3.63, 3.8) is 0 Å². The molecule has 5 heteroatoms. The van der Waals surface area contributed by atoms with Crippen molar-refractivity contribution in [3.8, 4) is 11.5 Å². The molecule has 0 aliphatic rings. The van der Waals surface area contributed by atoms with Gasteiger partial charge in [-0.3, -0.25) is 0 Å². The molecular weight excluding hydrogens is 316 g/mol. The van der Waals surface area contributed by atoms with Crippen LogP contribution in [0.4, 0.5) is 0 Å². The molecule has 0 N–H and O–H groups in total. The molecule has 0 fully saturated rings. The number of rotatable bonds is 4. The topological polar surface area (TPSA) is 35.5 Å². The molecule has 1 heterocycles. The van der Waals surface area contributed by atoms with E-state index in [1.54, 1.807) is 18.2 Å². The summed E-state index contributed by atoms with van der Waals surface area (Å²) in [5, 5.41) is 1.83. The highest BCUT2D eigenvalue weighted by Crippen LogP contribution is 2.35. The van der Waals surface area contributed by atoms with Gasteiger partial charge < -0.3 is 9.47 Å². The van der Waals surface area contributed by atoms with Crippen LogP contribution < -0.4 is 9.47 Å². The minimum atomic E-state index is -0.371. The van der Waals surface area contributed by atoms with E-state index in [-0.39, 0.29) is 5.97 Å². The van der Waals surface area contributed by atoms with Crippen LogP contribution in [0.2, 0.25) is 0 Å². The molecule has 0 saturated carbocycles. The van der Waals surface area contributed by atoms with Gasteiger partial charge in [-0.2, -0.15) is 0 Å². The third-order valence-electron chi connectivity index (χ3n) is 2.14. The Balaban J connectivity index is 2.23. The van der Waals surface area contributed by atoms with Gasteiger partial charge in [-0.1, -0.05) is 12.1 Å². The van der Waals surface area contributed by atoms with Gasteiger partial charge in [-0.05, 0) is 46.4 Å². The van der Waals surface area contributed by atoms with E-state index in [4.69, 9.17) is 9.47 Å². The van der Waals surface area contributed by atoms with Gasteiger partial charge in [0.25, 0.3) is 0 Å². The number of ether oxygens (including phenoxy) is 2. The second-order valence-electron chi connectivity index (χ2n) is 3.37. The lowest BCUT2D eigenvalue weighted by Gasteiger charge is -2.11. The van der Waals surface area contributed by atoms with Crippen LogP contribution in [-0.2, 0) is 0 Å². The van der Waals surface area contributed by atoms with E-state index >= 15 is 0 Å². The first-order valence-electron chi connectivity index (χ1n) is 5.39. The molecule has 0 radical (unpaired) electrons. The van der Waals surface area contributed by atoms with Crippen LogP contribution in [0.1, 0.15) is 16.6 Å². The monoisotopic (exact) mass is 326 g/mol.